The topological polar surface area (TPSA) is 124 Å². The molecule has 2 aromatic heterocycles. The molecular weight excluding hydrogens is 416 g/mol. The molecule has 2 heterocycles. The Morgan fingerprint density at radius 1 is 1.10 bits per heavy atom. The van der Waals surface area contributed by atoms with Crippen molar-refractivity contribution in [2.75, 3.05) is 11.9 Å². The standard InChI is InChI=1S/C22H22N4O4S/c1-13-10-16(11-14(2)19(13)29)25-20(30)17-4-3-7-24-22(17)31-21(26-18(28)12-27)15-5-8-23-9-6-15/h3-11,21,27,29H,12H2,1-2H3,(H,25,30)(H,26,28). The maximum Gasteiger partial charge on any atom is 0.258 e. The van der Waals surface area contributed by atoms with Crippen molar-refractivity contribution >= 4 is 29.3 Å². The number of nitrogens with one attached hydrogen (secondary N) is 2. The Hall–Kier alpha value is -3.43. The van der Waals surface area contributed by atoms with Crippen LogP contribution in [0, 0.1) is 13.8 Å². The highest BCUT2D eigenvalue weighted by molar-refractivity contribution is 7.99. The number of hydrogen-bond donors (Lipinski definition) is 4. The predicted molar refractivity (Wildman–Crippen MR) is 118 cm³/mol. The number of hydrogen-bond acceptors (Lipinski definition) is 7. The molecule has 9 heteroatoms. The number of anilines is 1. The van der Waals surface area contributed by atoms with E-state index in [4.69, 9.17) is 5.11 Å². The van der Waals surface area contributed by atoms with Crippen LogP contribution in [0.3, 0.4) is 0 Å². The van der Waals surface area contributed by atoms with E-state index in [2.05, 4.69) is 20.6 Å². The van der Waals surface area contributed by atoms with Gasteiger partial charge in [0.25, 0.3) is 5.91 Å². The first kappa shape index (κ1) is 22.3. The highest BCUT2D eigenvalue weighted by Crippen LogP contribution is 2.34. The van der Waals surface area contributed by atoms with Crippen molar-refractivity contribution in [1.29, 1.82) is 0 Å². The first-order chi connectivity index (χ1) is 14.9. The Morgan fingerprint density at radius 3 is 2.42 bits per heavy atom. The predicted octanol–water partition coefficient (Wildman–Crippen LogP) is 2.95. The number of phenols is 1. The van der Waals surface area contributed by atoms with Crippen molar-refractivity contribution in [1.82, 2.24) is 15.3 Å². The molecule has 0 aliphatic rings. The number of nitrogens with zero attached hydrogens (tertiary/aromatic N) is 2. The number of amides is 2. The van der Waals surface area contributed by atoms with Gasteiger partial charge in [-0.05, 0) is 66.9 Å². The van der Waals surface area contributed by atoms with Crippen molar-refractivity contribution in [3.05, 3.63) is 77.2 Å². The number of thioether (sulfide) groups is 1. The van der Waals surface area contributed by atoms with Gasteiger partial charge in [0, 0.05) is 24.3 Å². The highest BCUT2D eigenvalue weighted by Gasteiger charge is 2.21. The van der Waals surface area contributed by atoms with Crippen LogP contribution in [0.5, 0.6) is 5.75 Å². The molecule has 0 fully saturated rings. The summed E-state index contributed by atoms with van der Waals surface area (Å²) in [6.07, 6.45) is 4.75. The van der Waals surface area contributed by atoms with E-state index >= 15 is 0 Å². The molecule has 1 unspecified atom stereocenters. The third-order valence-electron chi connectivity index (χ3n) is 4.44. The van der Waals surface area contributed by atoms with E-state index in [1.807, 2.05) is 0 Å². The number of rotatable bonds is 7. The van der Waals surface area contributed by atoms with Gasteiger partial charge in [-0.15, -0.1) is 0 Å². The molecule has 3 aromatic rings. The van der Waals surface area contributed by atoms with Gasteiger partial charge in [0.15, 0.2) is 0 Å². The molecule has 0 spiro atoms. The summed E-state index contributed by atoms with van der Waals surface area (Å²) >= 11 is 1.18. The zero-order valence-corrected chi connectivity index (χ0v) is 17.8. The fourth-order valence-corrected chi connectivity index (χ4v) is 4.02. The third-order valence-corrected chi connectivity index (χ3v) is 5.61. The van der Waals surface area contributed by atoms with Crippen molar-refractivity contribution in [3.8, 4) is 5.75 Å². The zero-order valence-electron chi connectivity index (χ0n) is 17.0. The smallest absolute Gasteiger partial charge is 0.258 e. The number of benzene rings is 1. The van der Waals surface area contributed by atoms with Gasteiger partial charge in [0.1, 0.15) is 22.8 Å². The fraction of sp³-hybridized carbons (Fsp3) is 0.182. The summed E-state index contributed by atoms with van der Waals surface area (Å²) < 4.78 is 0. The molecule has 8 nitrogen and oxygen atoms in total. The van der Waals surface area contributed by atoms with E-state index in [9.17, 15) is 14.7 Å². The average molecular weight is 439 g/mol. The van der Waals surface area contributed by atoms with E-state index in [1.165, 1.54) is 11.8 Å². The molecule has 2 amide bonds. The molecule has 4 N–H and O–H groups in total. The lowest BCUT2D eigenvalue weighted by Crippen LogP contribution is -2.29. The third kappa shape index (κ3) is 5.59. The summed E-state index contributed by atoms with van der Waals surface area (Å²) in [7, 11) is 0. The van der Waals surface area contributed by atoms with Gasteiger partial charge in [-0.2, -0.15) is 0 Å². The summed E-state index contributed by atoms with van der Waals surface area (Å²) in [6.45, 7) is 2.86. The Balaban J connectivity index is 1.87. The summed E-state index contributed by atoms with van der Waals surface area (Å²) in [4.78, 5) is 33.1. The summed E-state index contributed by atoms with van der Waals surface area (Å²) in [5.41, 5.74) is 2.93. The molecule has 0 saturated heterocycles. The van der Waals surface area contributed by atoms with E-state index < -0.39 is 17.9 Å². The first-order valence-corrected chi connectivity index (χ1v) is 10.3. The number of carbonyl (C=O) groups excluding carboxylic acids is 2. The largest absolute Gasteiger partial charge is 0.507 e. The average Bonchev–Trinajstić information content (AvgIpc) is 2.77. The second kappa shape index (κ2) is 10.1. The molecule has 0 aliphatic carbocycles. The number of aryl methyl sites for hydroxylation is 2. The van der Waals surface area contributed by atoms with Crippen LogP contribution in [0.2, 0.25) is 0 Å². The van der Waals surface area contributed by atoms with Crippen molar-refractivity contribution in [2.45, 2.75) is 24.2 Å². The lowest BCUT2D eigenvalue weighted by molar-refractivity contribution is -0.124. The van der Waals surface area contributed by atoms with Crippen LogP contribution in [0.25, 0.3) is 0 Å². The monoisotopic (exact) mass is 438 g/mol. The van der Waals surface area contributed by atoms with Crippen LogP contribution in [-0.4, -0.2) is 38.6 Å². The lowest BCUT2D eigenvalue weighted by Gasteiger charge is -2.19. The van der Waals surface area contributed by atoms with E-state index in [-0.39, 0.29) is 11.7 Å². The van der Waals surface area contributed by atoms with Crippen molar-refractivity contribution in [3.63, 3.8) is 0 Å². The Morgan fingerprint density at radius 2 is 1.77 bits per heavy atom. The maximum absolute atomic E-state index is 13.0. The maximum atomic E-state index is 13.0. The van der Waals surface area contributed by atoms with Gasteiger partial charge in [0.2, 0.25) is 5.91 Å². The fourth-order valence-electron chi connectivity index (χ4n) is 2.91. The van der Waals surface area contributed by atoms with Gasteiger partial charge >= 0.3 is 0 Å². The van der Waals surface area contributed by atoms with Crippen LogP contribution < -0.4 is 10.6 Å². The van der Waals surface area contributed by atoms with Crippen molar-refractivity contribution in [2.24, 2.45) is 0 Å². The van der Waals surface area contributed by atoms with Crippen LogP contribution in [0.1, 0.15) is 32.4 Å². The number of carbonyl (C=O) groups is 2. The number of aromatic hydroxyl groups is 1. The van der Waals surface area contributed by atoms with Crippen LogP contribution >= 0.6 is 11.8 Å². The molecule has 160 valence electrons. The summed E-state index contributed by atoms with van der Waals surface area (Å²) in [5, 5.41) is 24.5. The normalized spacial score (nSPS) is 11.6. The Bertz CT molecular complexity index is 1070. The van der Waals surface area contributed by atoms with Gasteiger partial charge in [-0.1, -0.05) is 11.8 Å². The second-order valence-electron chi connectivity index (χ2n) is 6.77. The van der Waals surface area contributed by atoms with E-state index in [0.29, 0.717) is 27.4 Å². The van der Waals surface area contributed by atoms with Gasteiger partial charge in [0.05, 0.1) is 5.56 Å². The minimum Gasteiger partial charge on any atom is -0.507 e. The zero-order chi connectivity index (χ0) is 22.4. The molecule has 0 aliphatic heterocycles. The SMILES string of the molecule is Cc1cc(NC(=O)c2cccnc2SC(NC(=O)CO)c2ccncc2)cc(C)c1O. The van der Waals surface area contributed by atoms with E-state index in [0.717, 1.165) is 5.56 Å². The summed E-state index contributed by atoms with van der Waals surface area (Å²) in [5.74, 6) is -0.733. The molecular formula is C22H22N4O4S. The first-order valence-electron chi connectivity index (χ1n) is 9.42. The van der Waals surface area contributed by atoms with Gasteiger partial charge in [-0.3, -0.25) is 14.6 Å². The second-order valence-corrected chi connectivity index (χ2v) is 7.87. The molecule has 3 rings (SSSR count). The van der Waals surface area contributed by atoms with Gasteiger partial charge < -0.3 is 20.8 Å². The molecule has 1 aromatic carbocycles. The molecule has 0 bridgehead atoms. The Kier molecular flexibility index (Phi) is 7.22. The Labute approximate surface area is 183 Å². The number of aliphatic hydroxyl groups excluding tert-OH is 1. The van der Waals surface area contributed by atoms with Crippen LogP contribution in [0.4, 0.5) is 5.69 Å². The molecule has 31 heavy (non-hydrogen) atoms. The van der Waals surface area contributed by atoms with Crippen LogP contribution in [-0.2, 0) is 4.79 Å². The number of pyridine rings is 2. The number of phenolic OH excluding ortho intramolecular Hbond substituents is 1. The number of aromatic nitrogens is 2. The van der Waals surface area contributed by atoms with Crippen molar-refractivity contribution < 1.29 is 19.8 Å². The number of aliphatic hydroxyl groups is 1. The minimum atomic E-state index is -0.655. The van der Waals surface area contributed by atoms with Gasteiger partial charge in [-0.25, -0.2) is 4.98 Å². The quantitative estimate of drug-likeness (QED) is 0.254. The van der Waals surface area contributed by atoms with Crippen LogP contribution in [0.15, 0.2) is 60.0 Å². The lowest BCUT2D eigenvalue weighted by atomic mass is 10.1. The molecule has 0 saturated carbocycles. The molecule has 1 atom stereocenters. The minimum absolute atomic E-state index is 0.190. The van der Waals surface area contributed by atoms with E-state index in [1.54, 1.807) is 68.8 Å². The highest BCUT2D eigenvalue weighted by atomic mass is 32.2. The summed E-state index contributed by atoms with van der Waals surface area (Å²) in [6, 6.07) is 10.1. The molecule has 0 radical (unpaired) electrons.